The summed E-state index contributed by atoms with van der Waals surface area (Å²) in [6.45, 7) is 5.12. The number of anilines is 1. The van der Waals surface area contributed by atoms with Crippen LogP contribution in [0, 0.1) is 6.92 Å². The third-order valence-electron chi connectivity index (χ3n) is 4.82. The first-order valence-electron chi connectivity index (χ1n) is 9.30. The normalized spacial score (nSPS) is 14.4. The number of hydrogen-bond acceptors (Lipinski definition) is 4. The number of likely N-dealkylation sites (N-methyl/N-ethyl adjacent to an activating group) is 1. The van der Waals surface area contributed by atoms with Crippen LogP contribution in [0.25, 0.3) is 0 Å². The second kappa shape index (κ2) is 9.47. The Morgan fingerprint density at radius 1 is 1.03 bits per heavy atom. The van der Waals surface area contributed by atoms with Crippen molar-refractivity contribution in [1.82, 2.24) is 15.1 Å². The van der Waals surface area contributed by atoms with E-state index in [4.69, 9.17) is 12.2 Å². The molecule has 1 aliphatic rings. The van der Waals surface area contributed by atoms with Gasteiger partial charge < -0.3 is 15.1 Å². The molecule has 1 heterocycles. The number of carbonyl (C=O) groups is 2. The largest absolute Gasteiger partial charge is 0.336 e. The van der Waals surface area contributed by atoms with Gasteiger partial charge in [0, 0.05) is 47.5 Å². The number of nitrogens with one attached hydrogen (secondary N) is 2. The highest BCUT2D eigenvalue weighted by molar-refractivity contribution is 9.10. The summed E-state index contributed by atoms with van der Waals surface area (Å²) in [7, 11) is 2.05. The molecule has 2 aromatic rings. The highest BCUT2D eigenvalue weighted by atomic mass is 79.9. The summed E-state index contributed by atoms with van der Waals surface area (Å²) in [5.74, 6) is -0.297. The molecule has 1 fully saturated rings. The Balaban J connectivity index is 1.62. The van der Waals surface area contributed by atoms with Crippen LogP contribution in [0.2, 0.25) is 0 Å². The lowest BCUT2D eigenvalue weighted by molar-refractivity contribution is 0.0664. The minimum atomic E-state index is -0.298. The minimum Gasteiger partial charge on any atom is -0.336 e. The Bertz CT molecular complexity index is 942. The lowest BCUT2D eigenvalue weighted by Gasteiger charge is -2.32. The first kappa shape index (κ1) is 21.4. The van der Waals surface area contributed by atoms with Gasteiger partial charge in [-0.25, -0.2) is 0 Å². The molecule has 2 amide bonds. The lowest BCUT2D eigenvalue weighted by Crippen LogP contribution is -2.47. The molecule has 0 radical (unpaired) electrons. The molecule has 2 aromatic carbocycles. The van der Waals surface area contributed by atoms with Crippen LogP contribution < -0.4 is 10.6 Å². The molecular formula is C21H23BrN4O2S. The van der Waals surface area contributed by atoms with E-state index in [9.17, 15) is 9.59 Å². The van der Waals surface area contributed by atoms with Crippen LogP contribution in [-0.4, -0.2) is 60.0 Å². The second-order valence-corrected chi connectivity index (χ2v) is 8.31. The predicted octanol–water partition coefficient (Wildman–Crippen LogP) is 3.27. The van der Waals surface area contributed by atoms with Crippen molar-refractivity contribution in [2.24, 2.45) is 0 Å². The Morgan fingerprint density at radius 3 is 2.45 bits per heavy atom. The average Bonchev–Trinajstić information content (AvgIpc) is 2.70. The smallest absolute Gasteiger partial charge is 0.257 e. The summed E-state index contributed by atoms with van der Waals surface area (Å²) in [5.41, 5.74) is 2.80. The monoisotopic (exact) mass is 474 g/mol. The van der Waals surface area contributed by atoms with E-state index in [1.807, 2.05) is 24.0 Å². The molecule has 1 saturated heterocycles. The number of carbonyl (C=O) groups excluding carboxylic acids is 2. The fourth-order valence-corrected chi connectivity index (χ4v) is 3.58. The second-order valence-electron chi connectivity index (χ2n) is 7.05. The number of thiocarbonyl (C=S) groups is 1. The van der Waals surface area contributed by atoms with Gasteiger partial charge in [0.25, 0.3) is 11.8 Å². The fraction of sp³-hybridized carbons (Fsp3) is 0.286. The van der Waals surface area contributed by atoms with Crippen LogP contribution in [0.5, 0.6) is 0 Å². The maximum Gasteiger partial charge on any atom is 0.257 e. The van der Waals surface area contributed by atoms with Crippen molar-refractivity contribution in [2.45, 2.75) is 6.92 Å². The van der Waals surface area contributed by atoms with E-state index in [2.05, 4.69) is 38.5 Å². The molecule has 1 aliphatic heterocycles. The topological polar surface area (TPSA) is 64.7 Å². The summed E-state index contributed by atoms with van der Waals surface area (Å²) in [6.07, 6.45) is 0. The van der Waals surface area contributed by atoms with Crippen molar-refractivity contribution in [2.75, 3.05) is 38.5 Å². The number of amides is 2. The summed E-state index contributed by atoms with van der Waals surface area (Å²) in [5, 5.41) is 5.83. The zero-order valence-corrected chi connectivity index (χ0v) is 18.8. The highest BCUT2D eigenvalue weighted by Crippen LogP contribution is 2.18. The molecule has 2 N–H and O–H groups in total. The van der Waals surface area contributed by atoms with Gasteiger partial charge in [0.1, 0.15) is 0 Å². The zero-order chi connectivity index (χ0) is 21.0. The maximum atomic E-state index is 12.7. The summed E-state index contributed by atoms with van der Waals surface area (Å²) in [4.78, 5) is 29.2. The average molecular weight is 475 g/mol. The van der Waals surface area contributed by atoms with Gasteiger partial charge in [-0.15, -0.1) is 0 Å². The fourth-order valence-electron chi connectivity index (χ4n) is 2.99. The number of halogens is 1. The summed E-state index contributed by atoms with van der Waals surface area (Å²) >= 11 is 8.69. The van der Waals surface area contributed by atoms with Gasteiger partial charge in [-0.3, -0.25) is 14.9 Å². The Labute approximate surface area is 184 Å². The van der Waals surface area contributed by atoms with Crippen LogP contribution in [-0.2, 0) is 0 Å². The highest BCUT2D eigenvalue weighted by Gasteiger charge is 2.20. The minimum absolute atomic E-state index is 0.00112. The lowest BCUT2D eigenvalue weighted by atomic mass is 10.1. The quantitative estimate of drug-likeness (QED) is 0.668. The van der Waals surface area contributed by atoms with Crippen LogP contribution >= 0.6 is 28.1 Å². The van der Waals surface area contributed by atoms with Gasteiger partial charge in [0.2, 0.25) is 0 Å². The van der Waals surface area contributed by atoms with E-state index >= 15 is 0 Å². The van der Waals surface area contributed by atoms with Crippen molar-refractivity contribution < 1.29 is 9.59 Å². The first-order chi connectivity index (χ1) is 13.8. The molecule has 0 aliphatic carbocycles. The van der Waals surface area contributed by atoms with E-state index in [-0.39, 0.29) is 16.9 Å². The molecule has 152 valence electrons. The zero-order valence-electron chi connectivity index (χ0n) is 16.4. The van der Waals surface area contributed by atoms with Crippen LogP contribution in [0.1, 0.15) is 26.3 Å². The van der Waals surface area contributed by atoms with Gasteiger partial charge in [0.05, 0.1) is 0 Å². The molecule has 3 rings (SSSR count). The Kier molecular flexibility index (Phi) is 7.00. The third kappa shape index (κ3) is 5.62. The SMILES string of the molecule is Cc1ccc(C(=O)NC(=S)Nc2cccc(C(=O)N3CCN(C)CC3)c2)cc1Br. The maximum absolute atomic E-state index is 12.7. The molecule has 0 spiro atoms. The predicted molar refractivity (Wildman–Crippen MR) is 122 cm³/mol. The van der Waals surface area contributed by atoms with Crippen molar-refractivity contribution in [1.29, 1.82) is 0 Å². The van der Waals surface area contributed by atoms with Crippen LogP contribution in [0.3, 0.4) is 0 Å². The molecular weight excluding hydrogens is 452 g/mol. The first-order valence-corrected chi connectivity index (χ1v) is 10.5. The van der Waals surface area contributed by atoms with Crippen LogP contribution in [0.15, 0.2) is 46.9 Å². The molecule has 29 heavy (non-hydrogen) atoms. The van der Waals surface area contributed by atoms with E-state index in [1.54, 1.807) is 30.3 Å². The van der Waals surface area contributed by atoms with E-state index in [1.165, 1.54) is 0 Å². The van der Waals surface area contributed by atoms with Gasteiger partial charge in [0.15, 0.2) is 5.11 Å². The number of benzene rings is 2. The van der Waals surface area contributed by atoms with E-state index < -0.39 is 0 Å². The number of hydrogen-bond donors (Lipinski definition) is 2. The molecule has 0 saturated carbocycles. The number of rotatable bonds is 3. The molecule has 0 unspecified atom stereocenters. The molecule has 8 heteroatoms. The molecule has 6 nitrogen and oxygen atoms in total. The van der Waals surface area contributed by atoms with E-state index in [0.29, 0.717) is 29.9 Å². The van der Waals surface area contributed by atoms with Gasteiger partial charge >= 0.3 is 0 Å². The number of aryl methyl sites for hydroxylation is 1. The number of piperazine rings is 1. The number of nitrogens with zero attached hydrogens (tertiary/aromatic N) is 2. The van der Waals surface area contributed by atoms with Crippen molar-refractivity contribution >= 4 is 50.8 Å². The Hall–Kier alpha value is -2.29. The Morgan fingerprint density at radius 2 is 1.76 bits per heavy atom. The summed E-state index contributed by atoms with van der Waals surface area (Å²) < 4.78 is 0.860. The van der Waals surface area contributed by atoms with Crippen molar-refractivity contribution in [3.8, 4) is 0 Å². The molecule has 0 aromatic heterocycles. The van der Waals surface area contributed by atoms with Gasteiger partial charge in [-0.2, -0.15) is 0 Å². The van der Waals surface area contributed by atoms with Crippen molar-refractivity contribution in [3.63, 3.8) is 0 Å². The van der Waals surface area contributed by atoms with Gasteiger partial charge in [-0.05, 0) is 62.1 Å². The molecule has 0 bridgehead atoms. The molecule has 0 atom stereocenters. The summed E-state index contributed by atoms with van der Waals surface area (Å²) in [6, 6.07) is 12.5. The van der Waals surface area contributed by atoms with Crippen LogP contribution in [0.4, 0.5) is 5.69 Å². The van der Waals surface area contributed by atoms with Crippen molar-refractivity contribution in [3.05, 3.63) is 63.6 Å². The standard InChI is InChI=1S/C21H23BrN4O2S/c1-14-6-7-15(13-18(14)22)19(27)24-21(29)23-17-5-3-4-16(12-17)20(28)26-10-8-25(2)9-11-26/h3-7,12-13H,8-11H2,1-2H3,(H2,23,24,27,29). The third-order valence-corrected chi connectivity index (χ3v) is 5.88. The van der Waals surface area contributed by atoms with E-state index in [0.717, 1.165) is 23.1 Å². The van der Waals surface area contributed by atoms with Gasteiger partial charge in [-0.1, -0.05) is 28.1 Å².